The third-order valence-electron chi connectivity index (χ3n) is 7.69. The quantitative estimate of drug-likeness (QED) is 0.480. The summed E-state index contributed by atoms with van der Waals surface area (Å²) in [5.41, 5.74) is 7.81. The van der Waals surface area contributed by atoms with Crippen LogP contribution in [0.15, 0.2) is 36.4 Å². The second kappa shape index (κ2) is 9.57. The highest BCUT2D eigenvalue weighted by atomic mass is 19.1. The molecule has 0 bridgehead atoms. The highest BCUT2D eigenvalue weighted by Gasteiger charge is 2.32. The van der Waals surface area contributed by atoms with Crippen molar-refractivity contribution in [1.82, 2.24) is 9.97 Å². The van der Waals surface area contributed by atoms with E-state index in [4.69, 9.17) is 14.7 Å². The predicted molar refractivity (Wildman–Crippen MR) is 140 cm³/mol. The molecule has 3 aromatic rings. The van der Waals surface area contributed by atoms with Gasteiger partial charge in [0.15, 0.2) is 5.82 Å². The van der Waals surface area contributed by atoms with Crippen LogP contribution in [-0.2, 0) is 17.7 Å². The molecule has 2 aromatic carbocycles. The fraction of sp³-hybridized carbons (Fsp3) is 0.448. The molecule has 6 heteroatoms. The molecule has 2 aliphatic heterocycles. The molecule has 5 nitrogen and oxygen atoms in total. The van der Waals surface area contributed by atoms with Crippen LogP contribution in [0.25, 0.3) is 11.4 Å². The summed E-state index contributed by atoms with van der Waals surface area (Å²) in [6, 6.07) is 11.7. The highest BCUT2D eigenvalue weighted by Crippen LogP contribution is 2.36. The Morgan fingerprint density at radius 1 is 1.00 bits per heavy atom. The van der Waals surface area contributed by atoms with Crippen molar-refractivity contribution < 1.29 is 9.13 Å². The molecule has 1 fully saturated rings. The van der Waals surface area contributed by atoms with E-state index in [1.165, 1.54) is 17.2 Å². The normalized spacial score (nSPS) is 20.2. The summed E-state index contributed by atoms with van der Waals surface area (Å²) in [5.74, 6) is 1.63. The molecule has 0 N–H and O–H groups in total. The fourth-order valence-corrected chi connectivity index (χ4v) is 5.70. The van der Waals surface area contributed by atoms with Crippen molar-refractivity contribution >= 4 is 11.5 Å². The summed E-state index contributed by atoms with van der Waals surface area (Å²) in [6.45, 7) is 10.9. The van der Waals surface area contributed by atoms with Crippen molar-refractivity contribution in [1.29, 1.82) is 0 Å². The van der Waals surface area contributed by atoms with E-state index in [2.05, 4.69) is 48.8 Å². The van der Waals surface area contributed by atoms with Crippen LogP contribution in [0.1, 0.15) is 47.7 Å². The maximum Gasteiger partial charge on any atom is 0.162 e. The lowest BCUT2D eigenvalue weighted by atomic mass is 9.97. The number of hydrogen-bond acceptors (Lipinski definition) is 5. The second-order valence-electron chi connectivity index (χ2n) is 10.1. The first-order chi connectivity index (χ1) is 16.9. The number of nitrogens with zero attached hydrogens (tertiary/aromatic N) is 4. The van der Waals surface area contributed by atoms with E-state index in [9.17, 15) is 4.39 Å². The Morgan fingerprint density at radius 3 is 2.49 bits per heavy atom. The van der Waals surface area contributed by atoms with Crippen molar-refractivity contribution in [3.05, 3.63) is 70.2 Å². The largest absolute Gasteiger partial charge is 0.381 e. The zero-order valence-electron chi connectivity index (χ0n) is 21.4. The Kier molecular flexibility index (Phi) is 6.49. The van der Waals surface area contributed by atoms with Gasteiger partial charge in [-0.3, -0.25) is 0 Å². The number of hydrogen-bond donors (Lipinski definition) is 0. The number of rotatable bonds is 4. The van der Waals surface area contributed by atoms with Gasteiger partial charge < -0.3 is 14.5 Å². The summed E-state index contributed by atoms with van der Waals surface area (Å²) >= 11 is 0. The van der Waals surface area contributed by atoms with Crippen LogP contribution < -0.4 is 9.80 Å². The van der Waals surface area contributed by atoms with E-state index in [1.807, 2.05) is 13.0 Å². The average molecular weight is 475 g/mol. The van der Waals surface area contributed by atoms with E-state index in [-0.39, 0.29) is 11.9 Å². The number of methoxy groups -OCH3 is 1. The molecule has 35 heavy (non-hydrogen) atoms. The summed E-state index contributed by atoms with van der Waals surface area (Å²) in [4.78, 5) is 15.1. The fourth-order valence-electron chi connectivity index (χ4n) is 5.70. The Hall–Kier alpha value is -2.99. The van der Waals surface area contributed by atoms with Gasteiger partial charge in [0, 0.05) is 56.0 Å². The lowest BCUT2D eigenvalue weighted by Crippen LogP contribution is -2.45. The topological polar surface area (TPSA) is 41.5 Å². The monoisotopic (exact) mass is 474 g/mol. The van der Waals surface area contributed by atoms with Gasteiger partial charge in [-0.15, -0.1) is 0 Å². The Morgan fingerprint density at radius 2 is 1.77 bits per heavy atom. The van der Waals surface area contributed by atoms with Crippen LogP contribution in [0, 0.1) is 26.6 Å². The van der Waals surface area contributed by atoms with Gasteiger partial charge in [0.1, 0.15) is 11.6 Å². The lowest BCUT2D eigenvalue weighted by Gasteiger charge is -2.41. The van der Waals surface area contributed by atoms with Crippen molar-refractivity contribution in [2.75, 3.05) is 30.0 Å². The minimum atomic E-state index is -0.200. The van der Waals surface area contributed by atoms with Gasteiger partial charge in [0.25, 0.3) is 0 Å². The summed E-state index contributed by atoms with van der Waals surface area (Å²) < 4.78 is 19.8. The van der Waals surface area contributed by atoms with Gasteiger partial charge in [-0.25, -0.2) is 14.4 Å². The highest BCUT2D eigenvalue weighted by molar-refractivity contribution is 5.68. The van der Waals surface area contributed by atoms with Crippen molar-refractivity contribution in [3.63, 3.8) is 0 Å². The Balaban J connectivity index is 1.61. The lowest BCUT2D eigenvalue weighted by molar-refractivity contribution is 0.0719. The molecule has 2 aliphatic rings. The molecule has 0 unspecified atom stereocenters. The molecular weight excluding hydrogens is 439 g/mol. The molecule has 1 aromatic heterocycles. The molecular formula is C29H35FN4O. The number of aromatic nitrogens is 2. The number of halogens is 1. The second-order valence-corrected chi connectivity index (χ2v) is 10.1. The molecule has 3 heterocycles. The maximum absolute atomic E-state index is 14.1. The molecule has 2 atom stereocenters. The van der Waals surface area contributed by atoms with Gasteiger partial charge >= 0.3 is 0 Å². The van der Waals surface area contributed by atoms with E-state index in [0.717, 1.165) is 72.1 Å². The van der Waals surface area contributed by atoms with Gasteiger partial charge in [-0.2, -0.15) is 0 Å². The van der Waals surface area contributed by atoms with E-state index >= 15 is 0 Å². The molecule has 5 rings (SSSR count). The van der Waals surface area contributed by atoms with Crippen LogP contribution in [0.3, 0.4) is 0 Å². The molecule has 0 saturated carbocycles. The molecule has 0 radical (unpaired) electrons. The minimum Gasteiger partial charge on any atom is -0.381 e. The van der Waals surface area contributed by atoms with E-state index in [0.29, 0.717) is 12.6 Å². The average Bonchev–Trinajstić information content (AvgIpc) is 2.84. The third kappa shape index (κ3) is 4.52. The summed E-state index contributed by atoms with van der Waals surface area (Å²) in [6.07, 6.45) is 3.04. The SMILES string of the molecule is CO[C@@H]1CCN(c2nc(-c3c(C)cccc3C)nc3c2CN(c2cc(F)ccc2C)CC3)[C@H](C)C1. The van der Waals surface area contributed by atoms with Crippen molar-refractivity contribution in [2.45, 2.75) is 65.6 Å². The first-order valence-electron chi connectivity index (χ1n) is 12.6. The molecule has 1 saturated heterocycles. The Bertz CT molecular complexity index is 1220. The van der Waals surface area contributed by atoms with Crippen molar-refractivity contribution in [2.24, 2.45) is 0 Å². The smallest absolute Gasteiger partial charge is 0.162 e. The van der Waals surface area contributed by atoms with E-state index < -0.39 is 0 Å². The molecule has 184 valence electrons. The van der Waals surface area contributed by atoms with Crippen LogP contribution >= 0.6 is 0 Å². The zero-order chi connectivity index (χ0) is 24.7. The molecule has 0 amide bonds. The molecule has 0 spiro atoms. The standard InChI is InChI=1S/C29H35FN4O/c1-18-9-10-22(30)16-26(18)33-13-12-25-24(17-33)29(34-14-11-23(35-5)15-21(34)4)32-28(31-25)27-19(2)7-6-8-20(27)3/h6-10,16,21,23H,11-15,17H2,1-5H3/t21-,23-/m1/s1. The predicted octanol–water partition coefficient (Wildman–Crippen LogP) is 5.77. The third-order valence-corrected chi connectivity index (χ3v) is 7.69. The maximum atomic E-state index is 14.1. The number of anilines is 2. The van der Waals surface area contributed by atoms with Gasteiger partial charge in [0.2, 0.25) is 0 Å². The molecule has 0 aliphatic carbocycles. The first kappa shape index (κ1) is 23.7. The van der Waals surface area contributed by atoms with Crippen molar-refractivity contribution in [3.8, 4) is 11.4 Å². The summed E-state index contributed by atoms with van der Waals surface area (Å²) in [5, 5.41) is 0. The van der Waals surface area contributed by atoms with Crippen LogP contribution in [0.5, 0.6) is 0 Å². The van der Waals surface area contributed by atoms with Crippen LogP contribution in [0.2, 0.25) is 0 Å². The van der Waals surface area contributed by atoms with Gasteiger partial charge in [-0.1, -0.05) is 24.3 Å². The number of fused-ring (bicyclic) bond motifs is 1. The number of aryl methyl sites for hydroxylation is 3. The number of piperidine rings is 1. The summed E-state index contributed by atoms with van der Waals surface area (Å²) in [7, 11) is 1.80. The van der Waals surface area contributed by atoms with Crippen LogP contribution in [-0.4, -0.2) is 42.3 Å². The number of ether oxygens (including phenoxy) is 1. The Labute approximate surface area is 208 Å². The van der Waals surface area contributed by atoms with Gasteiger partial charge in [0.05, 0.1) is 11.8 Å². The zero-order valence-corrected chi connectivity index (χ0v) is 21.4. The van der Waals surface area contributed by atoms with E-state index in [1.54, 1.807) is 13.2 Å². The number of benzene rings is 2. The minimum absolute atomic E-state index is 0.200. The van der Waals surface area contributed by atoms with Gasteiger partial charge in [-0.05, 0) is 69.4 Å². The van der Waals surface area contributed by atoms with Crippen LogP contribution in [0.4, 0.5) is 15.9 Å². The first-order valence-corrected chi connectivity index (χ1v) is 12.6.